The Morgan fingerprint density at radius 3 is 2.62 bits per heavy atom. The molecule has 0 aromatic carbocycles. The van der Waals surface area contributed by atoms with Crippen molar-refractivity contribution in [2.75, 3.05) is 7.11 Å². The fourth-order valence-electron chi connectivity index (χ4n) is 2.72. The molecule has 3 atom stereocenters. The number of epoxide rings is 1. The van der Waals surface area contributed by atoms with Gasteiger partial charge in [0.2, 0.25) is 0 Å². The van der Waals surface area contributed by atoms with Crippen molar-refractivity contribution in [2.45, 2.75) is 63.3 Å². The molecule has 2 heteroatoms. The second-order valence-electron chi connectivity index (χ2n) is 4.68. The Kier molecular flexibility index (Phi) is 2.16. The monoisotopic (exact) mass is 184 g/mol. The van der Waals surface area contributed by atoms with Crippen molar-refractivity contribution < 1.29 is 9.47 Å². The topological polar surface area (TPSA) is 21.8 Å². The summed E-state index contributed by atoms with van der Waals surface area (Å²) in [5.74, 6) is 0. The van der Waals surface area contributed by atoms with Crippen LogP contribution in [0, 0.1) is 0 Å². The summed E-state index contributed by atoms with van der Waals surface area (Å²) in [4.78, 5) is 0. The van der Waals surface area contributed by atoms with Crippen LogP contribution in [0.15, 0.2) is 0 Å². The normalized spacial score (nSPS) is 47.8. The number of hydrogen-bond donors (Lipinski definition) is 0. The molecule has 0 aromatic heterocycles. The fraction of sp³-hybridized carbons (Fsp3) is 1.00. The molecule has 1 saturated heterocycles. The van der Waals surface area contributed by atoms with E-state index in [0.29, 0.717) is 6.10 Å². The van der Waals surface area contributed by atoms with E-state index in [1.807, 2.05) is 7.11 Å². The quantitative estimate of drug-likeness (QED) is 0.626. The summed E-state index contributed by atoms with van der Waals surface area (Å²) in [5.41, 5.74) is 0.231. The molecule has 1 aliphatic carbocycles. The maximum Gasteiger partial charge on any atom is 0.116 e. The predicted octanol–water partition coefficient (Wildman–Crippen LogP) is 2.51. The van der Waals surface area contributed by atoms with E-state index in [1.54, 1.807) is 0 Å². The van der Waals surface area contributed by atoms with Gasteiger partial charge in [-0.3, -0.25) is 0 Å². The van der Waals surface area contributed by atoms with Crippen molar-refractivity contribution in [3.8, 4) is 0 Å². The highest BCUT2D eigenvalue weighted by atomic mass is 16.6. The maximum atomic E-state index is 5.72. The lowest BCUT2D eigenvalue weighted by atomic mass is 9.93. The van der Waals surface area contributed by atoms with Crippen LogP contribution in [-0.4, -0.2) is 24.4 Å². The Balaban J connectivity index is 2.01. The summed E-state index contributed by atoms with van der Waals surface area (Å²) in [6.07, 6.45) is 6.41. The lowest BCUT2D eigenvalue weighted by Crippen LogP contribution is -2.35. The van der Waals surface area contributed by atoms with Gasteiger partial charge in [-0.15, -0.1) is 0 Å². The first-order valence-electron chi connectivity index (χ1n) is 5.40. The van der Waals surface area contributed by atoms with E-state index >= 15 is 0 Å². The number of ether oxygens (including phenoxy) is 2. The standard InChI is InChI=1S/C11H20O2/c1-4-5-6-11(12-3)8-7-10(2)9(11)13-10/h9H,4-8H2,1-3H3/t9-,10+,11+/m1/s1. The molecule has 0 radical (unpaired) electrons. The number of hydrogen-bond acceptors (Lipinski definition) is 2. The van der Waals surface area contributed by atoms with Crippen molar-refractivity contribution in [1.29, 1.82) is 0 Å². The SMILES string of the molecule is CCCC[C@]1(OC)CC[C@]2(C)O[C@@H]12. The second kappa shape index (κ2) is 2.96. The van der Waals surface area contributed by atoms with Gasteiger partial charge in [0.15, 0.2) is 0 Å². The molecule has 2 aliphatic rings. The van der Waals surface area contributed by atoms with Crippen molar-refractivity contribution in [3.05, 3.63) is 0 Å². The minimum Gasteiger partial charge on any atom is -0.375 e. The van der Waals surface area contributed by atoms with Crippen LogP contribution in [-0.2, 0) is 9.47 Å². The zero-order valence-corrected chi connectivity index (χ0v) is 8.93. The highest BCUT2D eigenvalue weighted by molar-refractivity contribution is 5.17. The van der Waals surface area contributed by atoms with E-state index in [4.69, 9.17) is 9.47 Å². The minimum atomic E-state index is 0.0603. The smallest absolute Gasteiger partial charge is 0.116 e. The van der Waals surface area contributed by atoms with Crippen LogP contribution in [0.3, 0.4) is 0 Å². The lowest BCUT2D eigenvalue weighted by Gasteiger charge is -2.27. The van der Waals surface area contributed by atoms with Crippen LogP contribution >= 0.6 is 0 Å². The molecule has 0 spiro atoms. The molecule has 0 aromatic rings. The number of rotatable bonds is 4. The third-order valence-corrected chi connectivity index (χ3v) is 3.77. The fourth-order valence-corrected chi connectivity index (χ4v) is 2.72. The van der Waals surface area contributed by atoms with Crippen LogP contribution < -0.4 is 0 Å². The molecule has 0 unspecified atom stereocenters. The van der Waals surface area contributed by atoms with Gasteiger partial charge in [0.25, 0.3) is 0 Å². The molecule has 0 N–H and O–H groups in total. The molecule has 2 fully saturated rings. The average molecular weight is 184 g/mol. The molecule has 2 rings (SSSR count). The van der Waals surface area contributed by atoms with Gasteiger partial charge in [0.05, 0.1) is 11.2 Å². The highest BCUT2D eigenvalue weighted by Crippen LogP contribution is 2.57. The number of unbranched alkanes of at least 4 members (excludes halogenated alkanes) is 1. The van der Waals surface area contributed by atoms with Crippen LogP contribution in [0.1, 0.15) is 46.0 Å². The van der Waals surface area contributed by atoms with Crippen LogP contribution in [0.5, 0.6) is 0 Å². The van der Waals surface area contributed by atoms with E-state index in [1.165, 1.54) is 32.1 Å². The van der Waals surface area contributed by atoms with Crippen molar-refractivity contribution >= 4 is 0 Å². The Labute approximate surface area is 80.6 Å². The molecule has 0 amide bonds. The predicted molar refractivity (Wildman–Crippen MR) is 51.8 cm³/mol. The van der Waals surface area contributed by atoms with Crippen molar-refractivity contribution in [2.24, 2.45) is 0 Å². The van der Waals surface area contributed by atoms with E-state index in [0.717, 1.165) is 0 Å². The van der Waals surface area contributed by atoms with Crippen LogP contribution in [0.2, 0.25) is 0 Å². The van der Waals surface area contributed by atoms with Gasteiger partial charge in [-0.2, -0.15) is 0 Å². The van der Waals surface area contributed by atoms with Gasteiger partial charge < -0.3 is 9.47 Å². The zero-order chi connectivity index (χ0) is 9.53. The summed E-state index contributed by atoms with van der Waals surface area (Å²) in [6, 6.07) is 0. The van der Waals surface area contributed by atoms with Crippen LogP contribution in [0.25, 0.3) is 0 Å². The molecular formula is C11H20O2. The maximum absolute atomic E-state index is 5.72. The lowest BCUT2D eigenvalue weighted by molar-refractivity contribution is -0.0462. The van der Waals surface area contributed by atoms with E-state index < -0.39 is 0 Å². The molecule has 2 nitrogen and oxygen atoms in total. The molecule has 13 heavy (non-hydrogen) atoms. The van der Waals surface area contributed by atoms with E-state index in [-0.39, 0.29) is 11.2 Å². The Bertz CT molecular complexity index is 204. The zero-order valence-electron chi connectivity index (χ0n) is 8.93. The van der Waals surface area contributed by atoms with Gasteiger partial charge in [-0.1, -0.05) is 19.8 Å². The van der Waals surface area contributed by atoms with E-state index in [2.05, 4.69) is 13.8 Å². The summed E-state index contributed by atoms with van der Waals surface area (Å²) in [6.45, 7) is 4.44. The van der Waals surface area contributed by atoms with Gasteiger partial charge in [0, 0.05) is 7.11 Å². The highest BCUT2D eigenvalue weighted by Gasteiger charge is 2.68. The second-order valence-corrected chi connectivity index (χ2v) is 4.68. The largest absolute Gasteiger partial charge is 0.375 e. The van der Waals surface area contributed by atoms with E-state index in [9.17, 15) is 0 Å². The molecule has 1 heterocycles. The number of methoxy groups -OCH3 is 1. The van der Waals surface area contributed by atoms with Gasteiger partial charge in [-0.25, -0.2) is 0 Å². The Hall–Kier alpha value is -0.0800. The molecule has 0 bridgehead atoms. The minimum absolute atomic E-state index is 0.0603. The van der Waals surface area contributed by atoms with Crippen LogP contribution in [0.4, 0.5) is 0 Å². The third-order valence-electron chi connectivity index (χ3n) is 3.77. The first-order valence-corrected chi connectivity index (χ1v) is 5.40. The molecule has 76 valence electrons. The summed E-state index contributed by atoms with van der Waals surface area (Å²) in [5, 5.41) is 0. The molecule has 1 saturated carbocycles. The summed E-state index contributed by atoms with van der Waals surface area (Å²) in [7, 11) is 1.84. The van der Waals surface area contributed by atoms with Gasteiger partial charge >= 0.3 is 0 Å². The Morgan fingerprint density at radius 2 is 2.23 bits per heavy atom. The first kappa shape index (κ1) is 9.47. The van der Waals surface area contributed by atoms with Gasteiger partial charge in [-0.05, 0) is 26.2 Å². The first-order chi connectivity index (χ1) is 6.17. The molecule has 1 aliphatic heterocycles. The molecular weight excluding hydrogens is 164 g/mol. The summed E-state index contributed by atoms with van der Waals surface area (Å²) >= 11 is 0. The third kappa shape index (κ3) is 1.31. The number of fused-ring (bicyclic) bond motifs is 1. The van der Waals surface area contributed by atoms with Gasteiger partial charge in [0.1, 0.15) is 6.10 Å². The average Bonchev–Trinajstić information content (AvgIpc) is 2.74. The summed E-state index contributed by atoms with van der Waals surface area (Å²) < 4.78 is 11.4. The Morgan fingerprint density at radius 1 is 1.46 bits per heavy atom. The van der Waals surface area contributed by atoms with Crippen molar-refractivity contribution in [1.82, 2.24) is 0 Å². The van der Waals surface area contributed by atoms with Crippen molar-refractivity contribution in [3.63, 3.8) is 0 Å².